The van der Waals surface area contributed by atoms with Crippen molar-refractivity contribution in [1.82, 2.24) is 5.32 Å². The second-order valence-corrected chi connectivity index (χ2v) is 5.58. The number of anilines is 1. The van der Waals surface area contributed by atoms with Gasteiger partial charge in [-0.1, -0.05) is 6.92 Å². The zero-order valence-corrected chi connectivity index (χ0v) is 12.0. The highest BCUT2D eigenvalue weighted by molar-refractivity contribution is 5.54. The maximum absolute atomic E-state index is 13.4. The smallest absolute Gasteiger partial charge is 0.123 e. The summed E-state index contributed by atoms with van der Waals surface area (Å²) in [4.78, 5) is 2.29. The van der Waals surface area contributed by atoms with Crippen LogP contribution in [-0.4, -0.2) is 31.8 Å². The molecule has 0 bridgehead atoms. The lowest BCUT2D eigenvalue weighted by Crippen LogP contribution is -2.48. The SMILES string of the molecule is CCNCc1cc(F)ccc1N1CCOC(C)(C)C1. The first-order chi connectivity index (χ1) is 9.02. The molecule has 1 heterocycles. The summed E-state index contributed by atoms with van der Waals surface area (Å²) >= 11 is 0. The topological polar surface area (TPSA) is 24.5 Å². The first-order valence-corrected chi connectivity index (χ1v) is 6.90. The third-order valence-electron chi connectivity index (χ3n) is 3.37. The first-order valence-electron chi connectivity index (χ1n) is 6.90. The van der Waals surface area contributed by atoms with Gasteiger partial charge in [-0.05, 0) is 44.2 Å². The van der Waals surface area contributed by atoms with Crippen LogP contribution < -0.4 is 10.2 Å². The number of hydrogen-bond acceptors (Lipinski definition) is 3. The minimum Gasteiger partial charge on any atom is -0.372 e. The normalized spacial score (nSPS) is 18.6. The molecule has 3 nitrogen and oxygen atoms in total. The summed E-state index contributed by atoms with van der Waals surface area (Å²) in [5, 5.41) is 3.27. The molecular formula is C15H23FN2O. The number of benzene rings is 1. The average molecular weight is 266 g/mol. The van der Waals surface area contributed by atoms with Crippen LogP contribution in [0.25, 0.3) is 0 Å². The van der Waals surface area contributed by atoms with Gasteiger partial charge < -0.3 is 15.0 Å². The number of ether oxygens (including phenoxy) is 1. The van der Waals surface area contributed by atoms with Crippen LogP contribution in [0.5, 0.6) is 0 Å². The molecule has 1 fully saturated rings. The Labute approximate surface area is 114 Å². The monoisotopic (exact) mass is 266 g/mol. The van der Waals surface area contributed by atoms with Gasteiger partial charge in [0.05, 0.1) is 12.2 Å². The summed E-state index contributed by atoms with van der Waals surface area (Å²) in [7, 11) is 0. The van der Waals surface area contributed by atoms with Gasteiger partial charge in [-0.15, -0.1) is 0 Å². The molecule has 0 spiro atoms. The Morgan fingerprint density at radius 3 is 2.89 bits per heavy atom. The van der Waals surface area contributed by atoms with Gasteiger partial charge in [0.25, 0.3) is 0 Å². The van der Waals surface area contributed by atoms with Crippen molar-refractivity contribution in [2.45, 2.75) is 32.9 Å². The summed E-state index contributed by atoms with van der Waals surface area (Å²) in [5.41, 5.74) is 1.97. The van der Waals surface area contributed by atoms with Crippen molar-refractivity contribution in [1.29, 1.82) is 0 Å². The van der Waals surface area contributed by atoms with E-state index in [2.05, 4.69) is 31.0 Å². The predicted molar refractivity (Wildman–Crippen MR) is 76.0 cm³/mol. The van der Waals surface area contributed by atoms with E-state index >= 15 is 0 Å². The fraction of sp³-hybridized carbons (Fsp3) is 0.600. The molecule has 106 valence electrons. The van der Waals surface area contributed by atoms with Crippen molar-refractivity contribution in [2.24, 2.45) is 0 Å². The van der Waals surface area contributed by atoms with Crippen LogP contribution in [0.1, 0.15) is 26.3 Å². The Morgan fingerprint density at radius 1 is 1.42 bits per heavy atom. The van der Waals surface area contributed by atoms with Gasteiger partial charge in [0.1, 0.15) is 5.82 Å². The quantitative estimate of drug-likeness (QED) is 0.906. The van der Waals surface area contributed by atoms with Crippen molar-refractivity contribution < 1.29 is 9.13 Å². The van der Waals surface area contributed by atoms with E-state index in [0.717, 1.165) is 30.9 Å². The fourth-order valence-corrected chi connectivity index (χ4v) is 2.49. The Kier molecular flexibility index (Phi) is 4.42. The summed E-state index contributed by atoms with van der Waals surface area (Å²) in [6, 6.07) is 5.04. The molecule has 1 aliphatic heterocycles. The van der Waals surface area contributed by atoms with Crippen LogP contribution in [0.3, 0.4) is 0 Å². The zero-order valence-electron chi connectivity index (χ0n) is 12.0. The predicted octanol–water partition coefficient (Wildman–Crippen LogP) is 2.55. The zero-order chi connectivity index (χ0) is 13.9. The van der Waals surface area contributed by atoms with Crippen molar-refractivity contribution in [3.63, 3.8) is 0 Å². The summed E-state index contributed by atoms with van der Waals surface area (Å²) < 4.78 is 19.2. The van der Waals surface area contributed by atoms with E-state index < -0.39 is 0 Å². The average Bonchev–Trinajstić information content (AvgIpc) is 2.35. The number of rotatable bonds is 4. The van der Waals surface area contributed by atoms with Crippen LogP contribution in [0.4, 0.5) is 10.1 Å². The molecule has 2 rings (SSSR count). The van der Waals surface area contributed by atoms with Gasteiger partial charge in [-0.25, -0.2) is 4.39 Å². The van der Waals surface area contributed by atoms with E-state index in [1.165, 1.54) is 6.07 Å². The Morgan fingerprint density at radius 2 is 2.21 bits per heavy atom. The highest BCUT2D eigenvalue weighted by Gasteiger charge is 2.28. The lowest BCUT2D eigenvalue weighted by atomic mass is 10.0. The maximum Gasteiger partial charge on any atom is 0.123 e. The number of morpholine rings is 1. The molecule has 1 aromatic carbocycles. The van der Waals surface area contributed by atoms with E-state index in [-0.39, 0.29) is 11.4 Å². The molecule has 1 N–H and O–H groups in total. The molecule has 4 heteroatoms. The largest absolute Gasteiger partial charge is 0.372 e. The fourth-order valence-electron chi connectivity index (χ4n) is 2.49. The molecule has 1 aromatic rings. The second kappa shape index (κ2) is 5.88. The van der Waals surface area contributed by atoms with Gasteiger partial charge >= 0.3 is 0 Å². The molecule has 1 saturated heterocycles. The van der Waals surface area contributed by atoms with Gasteiger partial charge in [0.15, 0.2) is 0 Å². The molecule has 0 atom stereocenters. The minimum atomic E-state index is -0.177. The first kappa shape index (κ1) is 14.3. The van der Waals surface area contributed by atoms with Gasteiger partial charge in [-0.3, -0.25) is 0 Å². The third-order valence-corrected chi connectivity index (χ3v) is 3.37. The summed E-state index contributed by atoms with van der Waals surface area (Å²) in [6.45, 7) is 10.2. The standard InChI is InChI=1S/C15H23FN2O/c1-4-17-10-12-9-13(16)5-6-14(12)18-7-8-19-15(2,3)11-18/h5-6,9,17H,4,7-8,10-11H2,1-3H3. The molecule has 0 aliphatic carbocycles. The van der Waals surface area contributed by atoms with Crippen molar-refractivity contribution in [2.75, 3.05) is 31.1 Å². The van der Waals surface area contributed by atoms with Crippen LogP contribution in [0.15, 0.2) is 18.2 Å². The molecule has 0 amide bonds. The van der Waals surface area contributed by atoms with Crippen LogP contribution in [-0.2, 0) is 11.3 Å². The van der Waals surface area contributed by atoms with E-state index in [1.54, 1.807) is 6.07 Å². The van der Waals surface area contributed by atoms with Crippen LogP contribution in [0, 0.1) is 5.82 Å². The lowest BCUT2D eigenvalue weighted by Gasteiger charge is -2.40. The van der Waals surface area contributed by atoms with E-state index in [0.29, 0.717) is 13.2 Å². The molecular weight excluding hydrogens is 243 g/mol. The van der Waals surface area contributed by atoms with Crippen molar-refractivity contribution in [3.8, 4) is 0 Å². The number of hydrogen-bond donors (Lipinski definition) is 1. The van der Waals surface area contributed by atoms with Gasteiger partial charge in [0, 0.05) is 25.3 Å². The van der Waals surface area contributed by atoms with Gasteiger partial charge in [0.2, 0.25) is 0 Å². The highest BCUT2D eigenvalue weighted by atomic mass is 19.1. The Hall–Kier alpha value is -1.13. The van der Waals surface area contributed by atoms with E-state index in [1.807, 2.05) is 6.07 Å². The summed E-state index contributed by atoms with van der Waals surface area (Å²) in [6.07, 6.45) is 0. The molecule has 0 saturated carbocycles. The lowest BCUT2D eigenvalue weighted by molar-refractivity contribution is -0.0277. The highest BCUT2D eigenvalue weighted by Crippen LogP contribution is 2.27. The Balaban J connectivity index is 2.22. The third kappa shape index (κ3) is 3.67. The molecule has 1 aliphatic rings. The maximum atomic E-state index is 13.4. The summed E-state index contributed by atoms with van der Waals surface area (Å²) in [5.74, 6) is -0.177. The van der Waals surface area contributed by atoms with Crippen LogP contribution in [0.2, 0.25) is 0 Å². The molecule has 0 unspecified atom stereocenters. The Bertz CT molecular complexity index is 434. The molecule has 0 aromatic heterocycles. The second-order valence-electron chi connectivity index (χ2n) is 5.58. The van der Waals surface area contributed by atoms with Crippen LogP contribution >= 0.6 is 0 Å². The van der Waals surface area contributed by atoms with E-state index in [4.69, 9.17) is 4.74 Å². The molecule has 19 heavy (non-hydrogen) atoms. The number of halogens is 1. The minimum absolute atomic E-state index is 0.151. The number of nitrogens with zero attached hydrogens (tertiary/aromatic N) is 1. The van der Waals surface area contributed by atoms with Crippen molar-refractivity contribution >= 4 is 5.69 Å². The molecule has 0 radical (unpaired) electrons. The van der Waals surface area contributed by atoms with Gasteiger partial charge in [-0.2, -0.15) is 0 Å². The van der Waals surface area contributed by atoms with Crippen molar-refractivity contribution in [3.05, 3.63) is 29.6 Å². The van der Waals surface area contributed by atoms with E-state index in [9.17, 15) is 4.39 Å². The number of nitrogens with one attached hydrogen (secondary N) is 1.